The van der Waals surface area contributed by atoms with Crippen LogP contribution in [0.5, 0.6) is 0 Å². The first kappa shape index (κ1) is 13.3. The van der Waals surface area contributed by atoms with E-state index in [0.29, 0.717) is 5.92 Å². The first-order chi connectivity index (χ1) is 7.99. The Labute approximate surface area is 105 Å². The van der Waals surface area contributed by atoms with Crippen LogP contribution >= 0.6 is 0 Å². The molecule has 2 fully saturated rings. The van der Waals surface area contributed by atoms with E-state index in [0.717, 1.165) is 45.3 Å². The minimum Gasteiger partial charge on any atom is -0.393 e. The average molecular weight is 241 g/mol. The molecule has 1 heterocycles. The van der Waals surface area contributed by atoms with Gasteiger partial charge >= 0.3 is 0 Å². The lowest BCUT2D eigenvalue weighted by atomic mass is 9.69. The molecule has 0 spiro atoms. The lowest BCUT2D eigenvalue weighted by Gasteiger charge is -2.43. The van der Waals surface area contributed by atoms with Crippen molar-refractivity contribution in [1.82, 2.24) is 4.90 Å². The highest BCUT2D eigenvalue weighted by Crippen LogP contribution is 2.39. The maximum Gasteiger partial charge on any atom is 0.0631 e. The van der Waals surface area contributed by atoms with Gasteiger partial charge in [-0.15, -0.1) is 0 Å². The van der Waals surface area contributed by atoms with Crippen molar-refractivity contribution in [2.24, 2.45) is 11.3 Å². The Balaban J connectivity index is 1.86. The fraction of sp³-hybridized carbons (Fsp3) is 1.00. The molecule has 100 valence electrons. The van der Waals surface area contributed by atoms with Crippen molar-refractivity contribution in [2.75, 3.05) is 19.6 Å². The second-order valence-corrected chi connectivity index (χ2v) is 6.62. The first-order valence-corrected chi connectivity index (χ1v) is 7.07. The number of rotatable bonds is 2. The molecule has 1 saturated heterocycles. The topological polar surface area (TPSA) is 43.7 Å². The standard InChI is InChI=1S/C14H27NO2/c1-14(2)7-3-4-11(13(14)17)10-15-8-5-12(16)6-9-15/h11-13,16-17H,3-10H2,1-2H3. The second-order valence-electron chi connectivity index (χ2n) is 6.62. The molecule has 17 heavy (non-hydrogen) atoms. The SMILES string of the molecule is CC1(C)CCCC(CN2CCC(O)CC2)C1O. The Bertz CT molecular complexity index is 247. The van der Waals surface area contributed by atoms with Crippen LogP contribution < -0.4 is 0 Å². The molecule has 0 amide bonds. The quantitative estimate of drug-likeness (QED) is 0.772. The number of nitrogens with zero attached hydrogens (tertiary/aromatic N) is 1. The van der Waals surface area contributed by atoms with E-state index >= 15 is 0 Å². The van der Waals surface area contributed by atoms with E-state index in [1.54, 1.807) is 0 Å². The number of hydrogen-bond acceptors (Lipinski definition) is 3. The fourth-order valence-corrected chi connectivity index (χ4v) is 3.39. The largest absolute Gasteiger partial charge is 0.393 e. The number of likely N-dealkylation sites (tertiary alicyclic amines) is 1. The summed E-state index contributed by atoms with van der Waals surface area (Å²) in [6, 6.07) is 0. The van der Waals surface area contributed by atoms with E-state index < -0.39 is 0 Å². The van der Waals surface area contributed by atoms with E-state index in [1.165, 1.54) is 6.42 Å². The van der Waals surface area contributed by atoms with E-state index in [1.807, 2.05) is 0 Å². The Kier molecular flexibility index (Phi) is 4.11. The van der Waals surface area contributed by atoms with Gasteiger partial charge in [-0.2, -0.15) is 0 Å². The summed E-state index contributed by atoms with van der Waals surface area (Å²) in [7, 11) is 0. The van der Waals surface area contributed by atoms with Gasteiger partial charge in [0, 0.05) is 19.6 Å². The number of piperidine rings is 1. The van der Waals surface area contributed by atoms with Gasteiger partial charge in [-0.25, -0.2) is 0 Å². The molecule has 3 nitrogen and oxygen atoms in total. The third-order valence-corrected chi connectivity index (χ3v) is 4.69. The van der Waals surface area contributed by atoms with Gasteiger partial charge in [0.05, 0.1) is 12.2 Å². The van der Waals surface area contributed by atoms with Crippen molar-refractivity contribution < 1.29 is 10.2 Å². The molecule has 0 bridgehead atoms. The summed E-state index contributed by atoms with van der Waals surface area (Å²) in [5.74, 6) is 0.425. The maximum atomic E-state index is 10.4. The zero-order valence-corrected chi connectivity index (χ0v) is 11.2. The molecule has 2 unspecified atom stereocenters. The van der Waals surface area contributed by atoms with Gasteiger partial charge in [0.25, 0.3) is 0 Å². The summed E-state index contributed by atoms with van der Waals surface area (Å²) >= 11 is 0. The molecular formula is C14H27NO2. The van der Waals surface area contributed by atoms with Gasteiger partial charge in [0.1, 0.15) is 0 Å². The Morgan fingerprint density at radius 1 is 1.12 bits per heavy atom. The summed E-state index contributed by atoms with van der Waals surface area (Å²) < 4.78 is 0. The molecule has 1 saturated carbocycles. The van der Waals surface area contributed by atoms with Crippen molar-refractivity contribution in [3.63, 3.8) is 0 Å². The number of aliphatic hydroxyl groups is 2. The molecular weight excluding hydrogens is 214 g/mol. The van der Waals surface area contributed by atoms with Crippen LogP contribution in [-0.2, 0) is 0 Å². The molecule has 2 atom stereocenters. The minimum atomic E-state index is -0.164. The summed E-state index contributed by atoms with van der Waals surface area (Å²) in [6.45, 7) is 7.36. The van der Waals surface area contributed by atoms with E-state index in [-0.39, 0.29) is 17.6 Å². The molecule has 0 aromatic rings. The van der Waals surface area contributed by atoms with Gasteiger partial charge < -0.3 is 15.1 Å². The number of hydrogen-bond donors (Lipinski definition) is 2. The predicted octanol–water partition coefficient (Wildman–Crippen LogP) is 1.63. The van der Waals surface area contributed by atoms with Gasteiger partial charge in [-0.3, -0.25) is 0 Å². The molecule has 2 N–H and O–H groups in total. The van der Waals surface area contributed by atoms with Gasteiger partial charge in [-0.05, 0) is 37.0 Å². The van der Waals surface area contributed by atoms with Crippen LogP contribution in [0, 0.1) is 11.3 Å². The predicted molar refractivity (Wildman–Crippen MR) is 68.8 cm³/mol. The molecule has 3 heteroatoms. The molecule has 1 aliphatic carbocycles. The lowest BCUT2D eigenvalue weighted by Crippen LogP contribution is -2.47. The zero-order valence-electron chi connectivity index (χ0n) is 11.2. The van der Waals surface area contributed by atoms with E-state index in [4.69, 9.17) is 0 Å². The summed E-state index contributed by atoms with van der Waals surface area (Å²) in [4.78, 5) is 2.42. The second kappa shape index (κ2) is 5.25. The van der Waals surface area contributed by atoms with Crippen molar-refractivity contribution >= 4 is 0 Å². The van der Waals surface area contributed by atoms with Crippen LogP contribution in [0.15, 0.2) is 0 Å². The smallest absolute Gasteiger partial charge is 0.0631 e. The summed E-state index contributed by atoms with van der Waals surface area (Å²) in [5, 5.41) is 19.9. The van der Waals surface area contributed by atoms with Crippen molar-refractivity contribution in [3.05, 3.63) is 0 Å². The monoisotopic (exact) mass is 241 g/mol. The maximum absolute atomic E-state index is 10.4. The third-order valence-electron chi connectivity index (χ3n) is 4.69. The van der Waals surface area contributed by atoms with Crippen LogP contribution in [0.25, 0.3) is 0 Å². The molecule has 2 rings (SSSR count). The fourth-order valence-electron chi connectivity index (χ4n) is 3.39. The van der Waals surface area contributed by atoms with Crippen LogP contribution in [0.4, 0.5) is 0 Å². The Morgan fingerprint density at radius 2 is 1.76 bits per heavy atom. The molecule has 1 aliphatic heterocycles. The van der Waals surface area contributed by atoms with Crippen molar-refractivity contribution in [2.45, 2.75) is 58.2 Å². The highest BCUT2D eigenvalue weighted by atomic mass is 16.3. The van der Waals surface area contributed by atoms with E-state index in [9.17, 15) is 10.2 Å². The molecule has 0 radical (unpaired) electrons. The molecule has 0 aromatic carbocycles. The minimum absolute atomic E-state index is 0.0816. The third kappa shape index (κ3) is 3.21. The normalized spacial score (nSPS) is 36.0. The highest BCUT2D eigenvalue weighted by molar-refractivity contribution is 4.90. The Hall–Kier alpha value is -0.120. The van der Waals surface area contributed by atoms with Crippen LogP contribution in [-0.4, -0.2) is 47.0 Å². The van der Waals surface area contributed by atoms with Crippen molar-refractivity contribution in [1.29, 1.82) is 0 Å². The zero-order chi connectivity index (χ0) is 12.5. The van der Waals surface area contributed by atoms with E-state index in [2.05, 4.69) is 18.7 Å². The molecule has 2 aliphatic rings. The van der Waals surface area contributed by atoms with Gasteiger partial charge in [0.15, 0.2) is 0 Å². The summed E-state index contributed by atoms with van der Waals surface area (Å²) in [6.07, 6.45) is 5.07. The first-order valence-electron chi connectivity index (χ1n) is 7.07. The number of aliphatic hydroxyl groups excluding tert-OH is 2. The summed E-state index contributed by atoms with van der Waals surface area (Å²) in [5.41, 5.74) is 0.0816. The highest BCUT2D eigenvalue weighted by Gasteiger charge is 2.38. The average Bonchev–Trinajstić information content (AvgIpc) is 2.28. The van der Waals surface area contributed by atoms with Crippen LogP contribution in [0.2, 0.25) is 0 Å². The lowest BCUT2D eigenvalue weighted by molar-refractivity contribution is -0.0476. The molecule has 0 aromatic heterocycles. The van der Waals surface area contributed by atoms with Crippen LogP contribution in [0.3, 0.4) is 0 Å². The van der Waals surface area contributed by atoms with Crippen LogP contribution in [0.1, 0.15) is 46.0 Å². The van der Waals surface area contributed by atoms with Gasteiger partial charge in [-0.1, -0.05) is 20.3 Å². The Morgan fingerprint density at radius 3 is 2.41 bits per heavy atom. The van der Waals surface area contributed by atoms with Gasteiger partial charge in [0.2, 0.25) is 0 Å². The van der Waals surface area contributed by atoms with Crippen molar-refractivity contribution in [3.8, 4) is 0 Å².